The summed E-state index contributed by atoms with van der Waals surface area (Å²) in [5.74, 6) is -1.20. The van der Waals surface area contributed by atoms with Crippen LogP contribution in [0.5, 0.6) is 0 Å². The van der Waals surface area contributed by atoms with Gasteiger partial charge in [-0.25, -0.2) is 0 Å². The summed E-state index contributed by atoms with van der Waals surface area (Å²) in [7, 11) is 0. The summed E-state index contributed by atoms with van der Waals surface area (Å²) in [5.41, 5.74) is 0.626. The van der Waals surface area contributed by atoms with Crippen LogP contribution in [-0.4, -0.2) is 23.0 Å². The van der Waals surface area contributed by atoms with Gasteiger partial charge < -0.3 is 10.4 Å². The van der Waals surface area contributed by atoms with Crippen LogP contribution < -0.4 is 5.32 Å². The summed E-state index contributed by atoms with van der Waals surface area (Å²) in [5, 5.41) is 11.8. The number of aliphatic carboxylic acids is 1. The van der Waals surface area contributed by atoms with Gasteiger partial charge in [-0.2, -0.15) is 0 Å². The van der Waals surface area contributed by atoms with E-state index >= 15 is 0 Å². The first-order chi connectivity index (χ1) is 8.56. The molecule has 18 heavy (non-hydrogen) atoms. The maximum Gasteiger partial charge on any atom is 0.306 e. The quantitative estimate of drug-likeness (QED) is 0.814. The number of benzene rings is 1. The van der Waals surface area contributed by atoms with Gasteiger partial charge in [0.1, 0.15) is 0 Å². The highest BCUT2D eigenvalue weighted by Crippen LogP contribution is 2.25. The van der Waals surface area contributed by atoms with Crippen LogP contribution in [0, 0.1) is 9.49 Å². The fourth-order valence-electron chi connectivity index (χ4n) is 2.24. The van der Waals surface area contributed by atoms with Gasteiger partial charge in [0.25, 0.3) is 5.91 Å². The minimum absolute atomic E-state index is 0.0172. The Morgan fingerprint density at radius 3 is 2.72 bits per heavy atom. The lowest BCUT2D eigenvalue weighted by atomic mass is 10.1. The van der Waals surface area contributed by atoms with Gasteiger partial charge in [0.15, 0.2) is 0 Å². The SMILES string of the molecule is O=C(NC1CCC(C(=O)O)C1)c1cccc(I)c1. The second-order valence-electron chi connectivity index (χ2n) is 4.53. The van der Waals surface area contributed by atoms with Crippen molar-refractivity contribution in [1.82, 2.24) is 5.32 Å². The number of halogens is 1. The van der Waals surface area contributed by atoms with Gasteiger partial charge in [0.2, 0.25) is 0 Å². The lowest BCUT2D eigenvalue weighted by molar-refractivity contribution is -0.141. The van der Waals surface area contributed by atoms with Gasteiger partial charge in [-0.05, 0) is 60.1 Å². The Morgan fingerprint density at radius 1 is 1.33 bits per heavy atom. The molecule has 1 amide bonds. The number of nitrogens with one attached hydrogen (secondary N) is 1. The summed E-state index contributed by atoms with van der Waals surface area (Å²) >= 11 is 2.16. The van der Waals surface area contributed by atoms with E-state index in [-0.39, 0.29) is 17.9 Å². The number of hydrogen-bond acceptors (Lipinski definition) is 2. The van der Waals surface area contributed by atoms with Gasteiger partial charge in [-0.15, -0.1) is 0 Å². The summed E-state index contributed by atoms with van der Waals surface area (Å²) < 4.78 is 1.01. The first-order valence-electron chi connectivity index (χ1n) is 5.85. The first kappa shape index (κ1) is 13.3. The fourth-order valence-corrected chi connectivity index (χ4v) is 2.78. The average Bonchev–Trinajstić information content (AvgIpc) is 2.77. The molecule has 2 unspecified atom stereocenters. The van der Waals surface area contributed by atoms with Gasteiger partial charge >= 0.3 is 5.97 Å². The summed E-state index contributed by atoms with van der Waals surface area (Å²) in [4.78, 5) is 22.8. The van der Waals surface area contributed by atoms with Crippen LogP contribution in [0.4, 0.5) is 0 Å². The number of carbonyl (C=O) groups excluding carboxylic acids is 1. The van der Waals surface area contributed by atoms with Crippen LogP contribution >= 0.6 is 22.6 Å². The summed E-state index contributed by atoms with van der Waals surface area (Å²) in [6, 6.07) is 7.33. The molecule has 1 fully saturated rings. The molecular formula is C13H14INO3. The smallest absolute Gasteiger partial charge is 0.306 e. The number of rotatable bonds is 3. The molecule has 2 atom stereocenters. The molecule has 4 nitrogen and oxygen atoms in total. The van der Waals surface area contributed by atoms with E-state index in [0.717, 1.165) is 9.99 Å². The topological polar surface area (TPSA) is 66.4 Å². The maximum atomic E-state index is 12.0. The molecule has 2 N–H and O–H groups in total. The lowest BCUT2D eigenvalue weighted by Crippen LogP contribution is -2.33. The van der Waals surface area contributed by atoms with Crippen LogP contribution in [-0.2, 0) is 4.79 Å². The molecule has 96 valence electrons. The van der Waals surface area contributed by atoms with Gasteiger partial charge in [0.05, 0.1) is 5.92 Å². The number of carbonyl (C=O) groups is 2. The molecule has 0 aliphatic heterocycles. The van der Waals surface area contributed by atoms with E-state index in [2.05, 4.69) is 27.9 Å². The Hall–Kier alpha value is -1.11. The molecule has 1 aliphatic carbocycles. The number of carboxylic acid groups (broad SMARTS) is 1. The van der Waals surface area contributed by atoms with Crippen LogP contribution in [0.2, 0.25) is 0 Å². The maximum absolute atomic E-state index is 12.0. The fraction of sp³-hybridized carbons (Fsp3) is 0.385. The van der Waals surface area contributed by atoms with Crippen molar-refractivity contribution in [1.29, 1.82) is 0 Å². The molecule has 0 aromatic heterocycles. The van der Waals surface area contributed by atoms with E-state index < -0.39 is 5.97 Å². The van der Waals surface area contributed by atoms with Gasteiger partial charge in [-0.3, -0.25) is 9.59 Å². The highest BCUT2D eigenvalue weighted by atomic mass is 127. The normalized spacial score (nSPS) is 22.7. The standard InChI is InChI=1S/C13H14INO3/c14-10-3-1-2-8(6-10)12(16)15-11-5-4-9(7-11)13(17)18/h1-3,6,9,11H,4-5,7H2,(H,15,16)(H,17,18). The molecule has 1 aromatic carbocycles. The zero-order chi connectivity index (χ0) is 13.1. The molecule has 0 spiro atoms. The minimum Gasteiger partial charge on any atom is -0.481 e. The lowest BCUT2D eigenvalue weighted by Gasteiger charge is -2.12. The van der Waals surface area contributed by atoms with Crippen LogP contribution in [0.1, 0.15) is 29.6 Å². The van der Waals surface area contributed by atoms with E-state index in [1.807, 2.05) is 18.2 Å². The van der Waals surface area contributed by atoms with Gasteiger partial charge in [0, 0.05) is 15.2 Å². The van der Waals surface area contributed by atoms with Crippen molar-refractivity contribution < 1.29 is 14.7 Å². The highest BCUT2D eigenvalue weighted by molar-refractivity contribution is 14.1. The summed E-state index contributed by atoms with van der Waals surface area (Å²) in [6.07, 6.45) is 1.92. The molecule has 5 heteroatoms. The van der Waals surface area contributed by atoms with Crippen molar-refractivity contribution in [2.75, 3.05) is 0 Å². The van der Waals surface area contributed by atoms with Crippen molar-refractivity contribution in [2.24, 2.45) is 5.92 Å². The first-order valence-corrected chi connectivity index (χ1v) is 6.93. The van der Waals surface area contributed by atoms with Crippen molar-refractivity contribution >= 4 is 34.5 Å². The largest absolute Gasteiger partial charge is 0.481 e. The second kappa shape index (κ2) is 5.69. The Bertz CT molecular complexity index is 475. The molecule has 0 heterocycles. The van der Waals surface area contributed by atoms with E-state index in [9.17, 15) is 9.59 Å². The molecular weight excluding hydrogens is 345 g/mol. The predicted octanol–water partition coefficient (Wildman–Crippen LogP) is 2.27. The monoisotopic (exact) mass is 359 g/mol. The third kappa shape index (κ3) is 3.22. The van der Waals surface area contributed by atoms with E-state index in [1.54, 1.807) is 6.07 Å². The molecule has 1 aliphatic rings. The zero-order valence-corrected chi connectivity index (χ0v) is 11.9. The van der Waals surface area contributed by atoms with Crippen LogP contribution in [0.15, 0.2) is 24.3 Å². The molecule has 0 bridgehead atoms. The van der Waals surface area contributed by atoms with Crippen molar-refractivity contribution in [3.05, 3.63) is 33.4 Å². The van der Waals surface area contributed by atoms with Crippen LogP contribution in [0.3, 0.4) is 0 Å². The highest BCUT2D eigenvalue weighted by Gasteiger charge is 2.30. The van der Waals surface area contributed by atoms with Crippen molar-refractivity contribution in [2.45, 2.75) is 25.3 Å². The Labute approximate surface area is 119 Å². The minimum atomic E-state index is -0.763. The van der Waals surface area contributed by atoms with Gasteiger partial charge in [-0.1, -0.05) is 6.07 Å². The molecule has 1 aromatic rings. The Kier molecular flexibility index (Phi) is 4.21. The van der Waals surface area contributed by atoms with Crippen molar-refractivity contribution in [3.63, 3.8) is 0 Å². The Morgan fingerprint density at radius 2 is 2.11 bits per heavy atom. The third-order valence-corrected chi connectivity index (χ3v) is 3.87. The number of amides is 1. The number of hydrogen-bond donors (Lipinski definition) is 2. The van der Waals surface area contributed by atoms with E-state index in [4.69, 9.17) is 5.11 Å². The van der Waals surface area contributed by atoms with Crippen LogP contribution in [0.25, 0.3) is 0 Å². The van der Waals surface area contributed by atoms with Crippen molar-refractivity contribution in [3.8, 4) is 0 Å². The molecule has 0 saturated heterocycles. The number of carboxylic acids is 1. The summed E-state index contributed by atoms with van der Waals surface area (Å²) in [6.45, 7) is 0. The third-order valence-electron chi connectivity index (χ3n) is 3.20. The second-order valence-corrected chi connectivity index (χ2v) is 5.77. The average molecular weight is 359 g/mol. The molecule has 0 radical (unpaired) electrons. The predicted molar refractivity (Wildman–Crippen MR) is 75.4 cm³/mol. The Balaban J connectivity index is 1.95. The zero-order valence-electron chi connectivity index (χ0n) is 9.73. The molecule has 1 saturated carbocycles. The van der Waals surface area contributed by atoms with E-state index in [1.165, 1.54) is 0 Å². The van der Waals surface area contributed by atoms with E-state index in [0.29, 0.717) is 18.4 Å². The molecule has 2 rings (SSSR count).